The number of nitrogens with zero attached hydrogens (tertiary/aromatic N) is 9. The molecule has 6 N–H and O–H groups in total. The number of carbonyl (C=O) groups is 6. The summed E-state index contributed by atoms with van der Waals surface area (Å²) in [5, 5.41) is 50.6. The molecule has 9 aromatic rings. The van der Waals surface area contributed by atoms with Crippen LogP contribution in [0.4, 0.5) is 70.1 Å². The molecule has 630 valence electrons. The van der Waals surface area contributed by atoms with Gasteiger partial charge in [0.05, 0.1) is 17.1 Å². The highest BCUT2D eigenvalue weighted by molar-refractivity contribution is 5.97. The summed E-state index contributed by atoms with van der Waals surface area (Å²) in [5.74, 6) is -2.28. The Morgan fingerprint density at radius 3 is 0.863 bits per heavy atom. The van der Waals surface area contributed by atoms with Crippen LogP contribution in [0.3, 0.4) is 0 Å². The average molecular weight is 1650 g/mol. The number of nitrogens with one attached hydrogen (secondary N) is 3. The maximum absolute atomic E-state index is 15.1. The lowest BCUT2D eigenvalue weighted by atomic mass is 9.78. The maximum Gasteiger partial charge on any atom is 0.422 e. The Bertz CT molecular complexity index is 4750. The number of fused-ring (bicyclic) bond motifs is 3. The van der Waals surface area contributed by atoms with Crippen molar-refractivity contribution in [2.45, 2.75) is 213 Å². The summed E-state index contributed by atoms with van der Waals surface area (Å²) < 4.78 is 171. The standard InChI is InChI=1S/3C28H32F4N4O3/c3*1-5-19(37)10-16-7-6-8-17(9-16)26(38)34-23-13-20(15(2)14-33-23)18-11-21-24(22(29)12-18)35-36(4)25(21)27(3,39)28(30,31)32/h3*11-14,16-17,39H,5-10H2,1-4H3,(H,33,34,38)/t16-,17+,27?;16-,17+,27+;16-,17+,27-/m111/s1. The van der Waals surface area contributed by atoms with Gasteiger partial charge in [0.1, 0.15) is 51.4 Å². The van der Waals surface area contributed by atoms with Gasteiger partial charge in [-0.15, -0.1) is 0 Å². The number of aromatic nitrogens is 9. The Balaban J connectivity index is 0.000000185. The van der Waals surface area contributed by atoms with E-state index in [1.54, 1.807) is 39.0 Å². The second-order valence-corrected chi connectivity index (χ2v) is 31.8. The highest BCUT2D eigenvalue weighted by atomic mass is 19.4. The van der Waals surface area contributed by atoms with E-state index in [1.165, 1.54) is 57.9 Å². The van der Waals surface area contributed by atoms with E-state index >= 15 is 13.2 Å². The van der Waals surface area contributed by atoms with Crippen LogP contribution in [-0.4, -0.2) is 113 Å². The second kappa shape index (κ2) is 35.3. The fraction of sp³-hybridized carbons (Fsp3) is 0.500. The summed E-state index contributed by atoms with van der Waals surface area (Å²) in [4.78, 5) is 87.6. The van der Waals surface area contributed by atoms with Crippen molar-refractivity contribution in [2.75, 3.05) is 16.0 Å². The fourth-order valence-electron chi connectivity index (χ4n) is 16.3. The van der Waals surface area contributed by atoms with Gasteiger partial charge >= 0.3 is 18.5 Å². The fourth-order valence-corrected chi connectivity index (χ4v) is 16.3. The van der Waals surface area contributed by atoms with Crippen LogP contribution < -0.4 is 16.0 Å². The van der Waals surface area contributed by atoms with E-state index in [2.05, 4.69) is 46.2 Å². The van der Waals surface area contributed by atoms with Crippen LogP contribution in [0.15, 0.2) is 73.2 Å². The van der Waals surface area contributed by atoms with Crippen LogP contribution in [0.5, 0.6) is 0 Å². The molecular weight excluding hydrogens is 1550 g/mol. The van der Waals surface area contributed by atoms with E-state index in [4.69, 9.17) is 0 Å². The first-order valence-corrected chi connectivity index (χ1v) is 38.9. The van der Waals surface area contributed by atoms with Gasteiger partial charge in [-0.25, -0.2) is 28.1 Å². The predicted octanol–water partition coefficient (Wildman–Crippen LogP) is 17.9. The molecule has 3 aliphatic rings. The lowest BCUT2D eigenvalue weighted by molar-refractivity contribution is -0.260. The van der Waals surface area contributed by atoms with Crippen molar-refractivity contribution in [3.63, 3.8) is 0 Å². The van der Waals surface area contributed by atoms with E-state index in [-0.39, 0.29) is 137 Å². The Morgan fingerprint density at radius 2 is 0.641 bits per heavy atom. The number of aliphatic hydroxyl groups is 3. The van der Waals surface area contributed by atoms with Crippen LogP contribution in [0.1, 0.15) is 191 Å². The van der Waals surface area contributed by atoms with Gasteiger partial charge in [0.2, 0.25) is 17.7 Å². The van der Waals surface area contributed by atoms with Gasteiger partial charge in [-0.3, -0.25) is 42.8 Å². The monoisotopic (exact) mass is 1640 g/mol. The number of amides is 3. The molecule has 6 heterocycles. The lowest BCUT2D eigenvalue weighted by Crippen LogP contribution is -2.41. The van der Waals surface area contributed by atoms with Crippen molar-refractivity contribution < 1.29 is 96.8 Å². The first-order valence-electron chi connectivity index (χ1n) is 38.9. The first-order chi connectivity index (χ1) is 54.7. The second-order valence-electron chi connectivity index (χ2n) is 31.8. The third-order valence-corrected chi connectivity index (χ3v) is 22.9. The van der Waals surface area contributed by atoms with Crippen molar-refractivity contribution in [3.05, 3.63) is 124 Å². The molecule has 0 bridgehead atoms. The van der Waals surface area contributed by atoms with Gasteiger partial charge in [0.25, 0.3) is 0 Å². The maximum atomic E-state index is 15.1. The molecule has 3 aliphatic carbocycles. The lowest BCUT2D eigenvalue weighted by Gasteiger charge is -2.28. The topological polar surface area (TPSA) is 291 Å². The molecular formula is C84H96F12N12O9. The van der Waals surface area contributed by atoms with Crippen molar-refractivity contribution >= 4 is 85.2 Å². The molecule has 0 saturated heterocycles. The minimum atomic E-state index is -5.02. The highest BCUT2D eigenvalue weighted by Crippen LogP contribution is 2.48. The predicted molar refractivity (Wildman–Crippen MR) is 415 cm³/mol. The smallest absolute Gasteiger partial charge is 0.375 e. The number of alkyl halides is 9. The molecule has 3 aromatic carbocycles. The molecule has 0 radical (unpaired) electrons. The van der Waals surface area contributed by atoms with Gasteiger partial charge in [-0.2, -0.15) is 54.8 Å². The number of hydrogen-bond donors (Lipinski definition) is 6. The number of pyridine rings is 3. The third-order valence-electron chi connectivity index (χ3n) is 22.9. The number of aryl methyl sites for hydroxylation is 6. The minimum Gasteiger partial charge on any atom is -0.375 e. The Hall–Kier alpha value is -10.0. The third kappa shape index (κ3) is 19.6. The average Bonchev–Trinajstić information content (AvgIpc) is 1.61. The van der Waals surface area contributed by atoms with Crippen LogP contribution in [0, 0.1) is 73.7 Å². The molecule has 0 aliphatic heterocycles. The molecule has 3 fully saturated rings. The quantitative estimate of drug-likeness (QED) is 0.0365. The molecule has 0 spiro atoms. The summed E-state index contributed by atoms with van der Waals surface area (Å²) >= 11 is 0. The van der Waals surface area contributed by atoms with Gasteiger partial charge in [-0.1, -0.05) is 40.0 Å². The summed E-state index contributed by atoms with van der Waals surface area (Å²) in [6.07, 6.45) is 1.47. The number of halogens is 12. The van der Waals surface area contributed by atoms with Gasteiger partial charge in [-0.05, 0) is 222 Å². The minimum absolute atomic E-state index is 0.167. The summed E-state index contributed by atoms with van der Waals surface area (Å²) in [7, 11) is 3.65. The number of rotatable bonds is 21. The molecule has 1 unspecified atom stereocenters. The van der Waals surface area contributed by atoms with E-state index in [0.717, 1.165) is 70.8 Å². The Labute approximate surface area is 667 Å². The van der Waals surface area contributed by atoms with Crippen LogP contribution >= 0.6 is 0 Å². The number of anilines is 3. The summed E-state index contributed by atoms with van der Waals surface area (Å²) in [5.41, 5.74) is -8.52. The van der Waals surface area contributed by atoms with Crippen molar-refractivity contribution in [1.82, 2.24) is 44.3 Å². The molecule has 21 nitrogen and oxygen atoms in total. The zero-order valence-electron chi connectivity index (χ0n) is 67.0. The molecule has 6 aromatic heterocycles. The van der Waals surface area contributed by atoms with Crippen molar-refractivity contribution in [3.8, 4) is 33.4 Å². The van der Waals surface area contributed by atoms with Gasteiger partial charge in [0.15, 0.2) is 34.3 Å². The zero-order valence-corrected chi connectivity index (χ0v) is 67.0. The molecule has 33 heteroatoms. The zero-order chi connectivity index (χ0) is 86.1. The molecule has 117 heavy (non-hydrogen) atoms. The van der Waals surface area contributed by atoms with Crippen molar-refractivity contribution in [1.29, 1.82) is 0 Å². The van der Waals surface area contributed by atoms with Gasteiger partial charge in [0, 0.05) is 112 Å². The number of Topliss-reactive ketones (excluding diaryl/α,β-unsaturated/α-hetero) is 3. The van der Waals surface area contributed by atoms with E-state index < -0.39 is 69.9 Å². The number of benzene rings is 3. The number of hydrogen-bond acceptors (Lipinski definition) is 15. The van der Waals surface area contributed by atoms with Crippen LogP contribution in [0.2, 0.25) is 0 Å². The van der Waals surface area contributed by atoms with Crippen molar-refractivity contribution in [2.24, 2.45) is 56.7 Å². The summed E-state index contributed by atoms with van der Waals surface area (Å²) in [6.45, 7) is 12.4. The summed E-state index contributed by atoms with van der Waals surface area (Å²) in [6, 6.07) is 12.2. The SMILES string of the molecule is CCC(=O)C[C@@H]1CCC[C@H](C(=O)Nc2cc(-c3cc(F)c4nn(C)c(C(C)(O)C(F)(F)F)c4c3)c(C)cn2)C1.CCC(=O)C[C@@H]1CCC[C@H](C(=O)Nc2cc(-c3cc(F)c4nn(C)c([C@@](C)(O)C(F)(F)F)c4c3)c(C)cn2)C1.CCC(=O)C[C@@H]1CCC[C@H](C(=O)Nc2cc(-c3cc(F)c4nn(C)c([C@](C)(O)C(F)(F)F)c4c3)c(C)cn2)C1. The first kappa shape index (κ1) is 89.3. The molecule has 3 saturated carbocycles. The van der Waals surface area contributed by atoms with E-state index in [1.807, 2.05) is 20.8 Å². The molecule has 12 rings (SSSR count). The highest BCUT2D eigenvalue weighted by Gasteiger charge is 2.56. The Kier molecular flexibility index (Phi) is 26.9. The number of ketones is 3. The van der Waals surface area contributed by atoms with Crippen LogP contribution in [0.25, 0.3) is 66.1 Å². The Morgan fingerprint density at radius 1 is 0.402 bits per heavy atom. The molecule has 9 atom stereocenters. The largest absolute Gasteiger partial charge is 0.422 e. The van der Waals surface area contributed by atoms with E-state index in [0.29, 0.717) is 131 Å². The number of carbonyl (C=O) groups excluding carboxylic acids is 6. The van der Waals surface area contributed by atoms with Crippen LogP contribution in [-0.2, 0) is 66.7 Å². The normalized spacial score (nSPS) is 19.6. The van der Waals surface area contributed by atoms with Gasteiger partial charge < -0.3 is 31.3 Å². The molecule has 3 amide bonds. The van der Waals surface area contributed by atoms with E-state index in [9.17, 15) is 83.6 Å².